The van der Waals surface area contributed by atoms with Crippen molar-refractivity contribution in [3.05, 3.63) is 77.5 Å². The summed E-state index contributed by atoms with van der Waals surface area (Å²) in [5, 5.41) is 1.10. The third-order valence-electron chi connectivity index (χ3n) is 6.15. The molecular formula is C25H24ClN5O3. The van der Waals surface area contributed by atoms with Gasteiger partial charge in [0.2, 0.25) is 6.23 Å². The fraction of sp³-hybridized carbons (Fsp3) is 0.280. The minimum Gasteiger partial charge on any atom is -0.420 e. The number of piperazine rings is 1. The molecular weight excluding hydrogens is 454 g/mol. The minimum absolute atomic E-state index is 0.281. The Balaban J connectivity index is 1.40. The van der Waals surface area contributed by atoms with Crippen LogP contribution in [0.2, 0.25) is 5.15 Å². The maximum Gasteiger partial charge on any atom is 0.412 e. The number of amides is 2. The topological polar surface area (TPSA) is 78.9 Å². The van der Waals surface area contributed by atoms with Crippen molar-refractivity contribution in [2.75, 3.05) is 37.6 Å². The van der Waals surface area contributed by atoms with Crippen LogP contribution in [0.5, 0.6) is 0 Å². The fourth-order valence-corrected chi connectivity index (χ4v) is 4.46. The van der Waals surface area contributed by atoms with Gasteiger partial charge >= 0.3 is 6.09 Å². The molecule has 0 radical (unpaired) electrons. The summed E-state index contributed by atoms with van der Waals surface area (Å²) >= 11 is 6.04. The first kappa shape index (κ1) is 22.3. The van der Waals surface area contributed by atoms with E-state index in [0.29, 0.717) is 40.8 Å². The molecule has 1 unspecified atom stereocenters. The molecule has 1 fully saturated rings. The highest BCUT2D eigenvalue weighted by molar-refractivity contribution is 6.29. The third kappa shape index (κ3) is 4.22. The molecule has 2 aromatic heterocycles. The van der Waals surface area contributed by atoms with Gasteiger partial charge in [-0.25, -0.2) is 14.8 Å². The lowest BCUT2D eigenvalue weighted by Gasteiger charge is -2.35. The third-order valence-corrected chi connectivity index (χ3v) is 6.36. The number of fused-ring (bicyclic) bond motifs is 2. The number of benzene rings is 1. The van der Waals surface area contributed by atoms with Crippen molar-refractivity contribution in [3.63, 3.8) is 0 Å². The number of rotatable bonds is 5. The summed E-state index contributed by atoms with van der Waals surface area (Å²) in [4.78, 5) is 40.6. The van der Waals surface area contributed by atoms with Gasteiger partial charge in [0.15, 0.2) is 5.65 Å². The van der Waals surface area contributed by atoms with Crippen LogP contribution in [-0.4, -0.2) is 64.5 Å². The quantitative estimate of drug-likeness (QED) is 0.403. The van der Waals surface area contributed by atoms with E-state index in [2.05, 4.69) is 21.4 Å². The van der Waals surface area contributed by atoms with Crippen LogP contribution < -0.4 is 4.90 Å². The molecule has 0 saturated carbocycles. The summed E-state index contributed by atoms with van der Waals surface area (Å²) in [5.74, 6) is 0.0621. The highest BCUT2D eigenvalue weighted by Crippen LogP contribution is 2.38. The molecule has 8 nitrogen and oxygen atoms in total. The average molecular weight is 478 g/mol. The number of ether oxygens (including phenoxy) is 1. The SMILES string of the molecule is C=CCCN1CCN(C(=O)OC2c3ccccc3C(=O)N2c2ccc3ccc(Cl)nc3n2)CC1. The molecule has 0 bridgehead atoms. The maximum atomic E-state index is 13.3. The standard InChI is InChI=1S/C25H24ClN5O3/c1-2-3-12-29-13-15-30(16-14-29)25(33)34-24-19-7-5-4-6-18(19)23(32)31(24)21-11-9-17-8-10-20(26)27-22(17)28-21/h2,4-11,24H,1,3,12-16H2. The van der Waals surface area contributed by atoms with Crippen LogP contribution in [0.4, 0.5) is 10.6 Å². The van der Waals surface area contributed by atoms with E-state index in [0.717, 1.165) is 31.4 Å². The smallest absolute Gasteiger partial charge is 0.412 e. The second kappa shape index (κ2) is 9.40. The van der Waals surface area contributed by atoms with Crippen LogP contribution in [-0.2, 0) is 4.74 Å². The van der Waals surface area contributed by atoms with Crippen molar-refractivity contribution in [2.24, 2.45) is 0 Å². The van der Waals surface area contributed by atoms with Gasteiger partial charge < -0.3 is 9.64 Å². The summed E-state index contributed by atoms with van der Waals surface area (Å²) in [6.45, 7) is 7.36. The van der Waals surface area contributed by atoms with Crippen molar-refractivity contribution in [1.29, 1.82) is 0 Å². The normalized spacial score (nSPS) is 18.3. The van der Waals surface area contributed by atoms with Gasteiger partial charge in [0.25, 0.3) is 5.91 Å². The summed E-state index contributed by atoms with van der Waals surface area (Å²) in [6, 6.07) is 14.2. The van der Waals surface area contributed by atoms with E-state index in [1.54, 1.807) is 35.2 Å². The van der Waals surface area contributed by atoms with Gasteiger partial charge in [0.1, 0.15) is 11.0 Å². The molecule has 0 spiro atoms. The van der Waals surface area contributed by atoms with Gasteiger partial charge in [-0.3, -0.25) is 14.6 Å². The number of pyridine rings is 2. The molecule has 174 valence electrons. The molecule has 0 N–H and O–H groups in total. The number of hydrogen-bond acceptors (Lipinski definition) is 6. The lowest BCUT2D eigenvalue weighted by molar-refractivity contribution is 0.0461. The van der Waals surface area contributed by atoms with E-state index < -0.39 is 12.3 Å². The molecule has 1 atom stereocenters. The van der Waals surface area contributed by atoms with Gasteiger partial charge in [-0.1, -0.05) is 35.9 Å². The monoisotopic (exact) mass is 477 g/mol. The predicted molar refractivity (Wildman–Crippen MR) is 130 cm³/mol. The van der Waals surface area contributed by atoms with Crippen molar-refractivity contribution >= 4 is 40.5 Å². The van der Waals surface area contributed by atoms with Crippen LogP contribution in [0.3, 0.4) is 0 Å². The predicted octanol–water partition coefficient (Wildman–Crippen LogP) is 4.27. The number of hydrogen-bond donors (Lipinski definition) is 0. The van der Waals surface area contributed by atoms with Gasteiger partial charge in [-0.05, 0) is 36.8 Å². The second-order valence-electron chi connectivity index (χ2n) is 8.25. The maximum absolute atomic E-state index is 13.3. The zero-order valence-corrected chi connectivity index (χ0v) is 19.3. The van der Waals surface area contributed by atoms with Gasteiger partial charge in [0.05, 0.1) is 0 Å². The van der Waals surface area contributed by atoms with Crippen LogP contribution in [0.1, 0.15) is 28.6 Å². The highest BCUT2D eigenvalue weighted by atomic mass is 35.5. The number of nitrogens with zero attached hydrogens (tertiary/aromatic N) is 5. The summed E-state index contributed by atoms with van der Waals surface area (Å²) < 4.78 is 5.94. The second-order valence-corrected chi connectivity index (χ2v) is 8.64. The Labute approximate surface area is 202 Å². The Hall–Kier alpha value is -3.49. The lowest BCUT2D eigenvalue weighted by Crippen LogP contribution is -2.49. The van der Waals surface area contributed by atoms with Crippen molar-refractivity contribution in [2.45, 2.75) is 12.6 Å². The Morgan fingerprint density at radius 3 is 2.65 bits per heavy atom. The van der Waals surface area contributed by atoms with Crippen molar-refractivity contribution in [3.8, 4) is 0 Å². The first-order valence-electron chi connectivity index (χ1n) is 11.2. The number of aromatic nitrogens is 2. The van der Waals surface area contributed by atoms with Crippen molar-refractivity contribution in [1.82, 2.24) is 19.8 Å². The number of halogens is 1. The van der Waals surface area contributed by atoms with Gasteiger partial charge in [-0.2, -0.15) is 0 Å². The summed E-state index contributed by atoms with van der Waals surface area (Å²) in [7, 11) is 0. The number of carbonyl (C=O) groups is 2. The molecule has 34 heavy (non-hydrogen) atoms. The Morgan fingerprint density at radius 1 is 1.09 bits per heavy atom. The molecule has 2 aliphatic rings. The minimum atomic E-state index is -0.917. The van der Waals surface area contributed by atoms with Crippen LogP contribution in [0, 0.1) is 0 Å². The van der Waals surface area contributed by atoms with Crippen molar-refractivity contribution < 1.29 is 14.3 Å². The Kier molecular flexibility index (Phi) is 6.17. The molecule has 0 aliphatic carbocycles. The first-order chi connectivity index (χ1) is 16.5. The molecule has 2 amide bonds. The van der Waals surface area contributed by atoms with E-state index in [4.69, 9.17) is 16.3 Å². The molecule has 3 aromatic rings. The van der Waals surface area contributed by atoms with Crippen LogP contribution in [0.15, 0.2) is 61.2 Å². The number of anilines is 1. The van der Waals surface area contributed by atoms with Crippen LogP contribution in [0.25, 0.3) is 11.0 Å². The van der Waals surface area contributed by atoms with Crippen LogP contribution >= 0.6 is 11.6 Å². The van der Waals surface area contributed by atoms with E-state index in [-0.39, 0.29) is 5.91 Å². The van der Waals surface area contributed by atoms with E-state index in [9.17, 15) is 9.59 Å². The molecule has 1 aromatic carbocycles. The zero-order valence-electron chi connectivity index (χ0n) is 18.6. The summed E-state index contributed by atoms with van der Waals surface area (Å²) in [6.07, 6.45) is 1.44. The molecule has 1 saturated heterocycles. The van der Waals surface area contributed by atoms with E-state index >= 15 is 0 Å². The van der Waals surface area contributed by atoms with Gasteiger partial charge in [0, 0.05) is 49.2 Å². The molecule has 5 rings (SSSR count). The fourth-order valence-electron chi connectivity index (χ4n) is 4.32. The molecule has 4 heterocycles. The lowest BCUT2D eigenvalue weighted by atomic mass is 10.1. The highest BCUT2D eigenvalue weighted by Gasteiger charge is 2.42. The molecule has 2 aliphatic heterocycles. The van der Waals surface area contributed by atoms with E-state index in [1.807, 2.05) is 24.3 Å². The first-order valence-corrected chi connectivity index (χ1v) is 11.6. The number of carbonyl (C=O) groups excluding carboxylic acids is 2. The Morgan fingerprint density at radius 2 is 1.85 bits per heavy atom. The Bertz CT molecular complexity index is 1260. The molecule has 9 heteroatoms. The summed E-state index contributed by atoms with van der Waals surface area (Å²) in [5.41, 5.74) is 1.52. The largest absolute Gasteiger partial charge is 0.420 e. The van der Waals surface area contributed by atoms with E-state index in [1.165, 1.54) is 4.90 Å². The van der Waals surface area contributed by atoms with Gasteiger partial charge in [-0.15, -0.1) is 6.58 Å². The average Bonchev–Trinajstić information content (AvgIpc) is 3.14. The zero-order chi connectivity index (χ0) is 23.7.